The molecule has 0 aliphatic rings. The molecule has 0 saturated carbocycles. The topological polar surface area (TPSA) is 0 Å². The van der Waals surface area contributed by atoms with Gasteiger partial charge in [0.15, 0.2) is 0 Å². The van der Waals surface area contributed by atoms with Crippen molar-refractivity contribution in [3.05, 3.63) is 12.2 Å². The van der Waals surface area contributed by atoms with Crippen LogP contribution in [0.1, 0.15) is 19.8 Å². The summed E-state index contributed by atoms with van der Waals surface area (Å²) in [4.78, 5) is 0. The van der Waals surface area contributed by atoms with Crippen molar-refractivity contribution in [3.63, 3.8) is 0 Å². The van der Waals surface area contributed by atoms with Crippen molar-refractivity contribution in [3.8, 4) is 0 Å². The summed E-state index contributed by atoms with van der Waals surface area (Å²) in [5.41, 5.74) is 0. The second-order valence-electron chi connectivity index (χ2n) is 1.50. The molecule has 0 heterocycles. The third-order valence-corrected chi connectivity index (χ3v) is 0.758. The van der Waals surface area contributed by atoms with E-state index < -0.39 is 0 Å². The lowest BCUT2D eigenvalue weighted by Crippen LogP contribution is -1.61. The molecular weight excluding hydrogens is 82.9 g/mol. The van der Waals surface area contributed by atoms with E-state index in [0.717, 1.165) is 6.42 Å². The van der Waals surface area contributed by atoms with Crippen LogP contribution in [0.5, 0.6) is 0 Å². The molecular formula is C6H11B. The molecule has 0 saturated heterocycles. The first-order chi connectivity index (χ1) is 3.41. The van der Waals surface area contributed by atoms with Crippen LogP contribution in [0.25, 0.3) is 0 Å². The zero-order valence-corrected chi connectivity index (χ0v) is 4.85. The van der Waals surface area contributed by atoms with Gasteiger partial charge in [-0.15, -0.1) is 0 Å². The molecule has 0 aromatic carbocycles. The van der Waals surface area contributed by atoms with Crippen LogP contribution in [-0.4, -0.2) is 7.85 Å². The van der Waals surface area contributed by atoms with Crippen LogP contribution < -0.4 is 0 Å². The first-order valence-corrected chi connectivity index (χ1v) is 2.77. The highest BCUT2D eigenvalue weighted by Gasteiger charge is 1.68. The van der Waals surface area contributed by atoms with Gasteiger partial charge in [0.1, 0.15) is 0 Å². The average molecular weight is 94.0 g/mol. The average Bonchev–Trinajstić information content (AvgIpc) is 1.69. The van der Waals surface area contributed by atoms with Crippen LogP contribution in [0.3, 0.4) is 0 Å². The Morgan fingerprint density at radius 1 is 1.43 bits per heavy atom. The summed E-state index contributed by atoms with van der Waals surface area (Å²) in [6.07, 6.45) is 7.16. The maximum absolute atomic E-state index is 5.18. The predicted octanol–water partition coefficient (Wildman–Crippen LogP) is 1.93. The summed E-state index contributed by atoms with van der Waals surface area (Å²) in [7, 11) is 5.18. The molecule has 0 amide bonds. The maximum Gasteiger partial charge on any atom is 0.0708 e. The highest BCUT2D eigenvalue weighted by molar-refractivity contribution is 6.09. The van der Waals surface area contributed by atoms with Crippen LogP contribution in [-0.2, 0) is 0 Å². The highest BCUT2D eigenvalue weighted by atomic mass is 13.7. The van der Waals surface area contributed by atoms with Gasteiger partial charge in [-0.1, -0.05) is 31.8 Å². The fourth-order valence-corrected chi connectivity index (χ4v) is 0.381. The minimum absolute atomic E-state index is 0.681. The normalized spacial score (nSPS) is 10.4. The van der Waals surface area contributed by atoms with E-state index >= 15 is 0 Å². The summed E-state index contributed by atoms with van der Waals surface area (Å²) in [5, 5.41) is 0. The van der Waals surface area contributed by atoms with E-state index in [0.29, 0.717) is 6.32 Å². The molecule has 0 aliphatic carbocycles. The molecule has 0 aromatic heterocycles. The predicted molar refractivity (Wildman–Crippen MR) is 34.6 cm³/mol. The zero-order valence-electron chi connectivity index (χ0n) is 4.85. The van der Waals surface area contributed by atoms with E-state index in [2.05, 4.69) is 13.0 Å². The monoisotopic (exact) mass is 94.1 g/mol. The molecule has 0 spiro atoms. The van der Waals surface area contributed by atoms with Crippen molar-refractivity contribution in [1.82, 2.24) is 0 Å². The second kappa shape index (κ2) is 5.80. The van der Waals surface area contributed by atoms with Gasteiger partial charge in [0, 0.05) is 0 Å². The number of allylic oxidation sites excluding steroid dienone is 2. The smallest absolute Gasteiger partial charge is 0.0708 e. The van der Waals surface area contributed by atoms with Crippen LogP contribution in [0.4, 0.5) is 0 Å². The molecule has 0 rings (SSSR count). The molecule has 2 radical (unpaired) electrons. The van der Waals surface area contributed by atoms with Gasteiger partial charge in [-0.25, -0.2) is 0 Å². The molecule has 0 aromatic rings. The van der Waals surface area contributed by atoms with Crippen LogP contribution >= 0.6 is 0 Å². The Kier molecular flexibility index (Phi) is 5.64. The Morgan fingerprint density at radius 2 is 2.14 bits per heavy atom. The van der Waals surface area contributed by atoms with Gasteiger partial charge in [-0.3, -0.25) is 0 Å². The fraction of sp³-hybridized carbons (Fsp3) is 0.667. The molecule has 0 bridgehead atoms. The van der Waals surface area contributed by atoms with Crippen molar-refractivity contribution < 1.29 is 0 Å². The maximum atomic E-state index is 5.18. The minimum Gasteiger partial charge on any atom is -0.0971 e. The van der Waals surface area contributed by atoms with Gasteiger partial charge in [-0.05, 0) is 6.42 Å². The number of hydrogen-bond acceptors (Lipinski definition) is 0. The van der Waals surface area contributed by atoms with Crippen molar-refractivity contribution in [2.24, 2.45) is 0 Å². The van der Waals surface area contributed by atoms with Crippen LogP contribution in [0, 0.1) is 0 Å². The molecule has 0 atom stereocenters. The lowest BCUT2D eigenvalue weighted by atomic mass is 10.0. The molecule has 0 unspecified atom stereocenters. The molecule has 0 N–H and O–H groups in total. The first-order valence-electron chi connectivity index (χ1n) is 2.77. The zero-order chi connectivity index (χ0) is 5.54. The molecule has 1 heteroatoms. The van der Waals surface area contributed by atoms with E-state index in [9.17, 15) is 0 Å². The Labute approximate surface area is 47.0 Å². The largest absolute Gasteiger partial charge is 0.0971 e. The second-order valence-corrected chi connectivity index (χ2v) is 1.50. The third-order valence-electron chi connectivity index (χ3n) is 0.758. The molecule has 0 nitrogen and oxygen atoms in total. The Morgan fingerprint density at radius 3 is 2.57 bits per heavy atom. The van der Waals surface area contributed by atoms with Gasteiger partial charge in [-0.2, -0.15) is 0 Å². The van der Waals surface area contributed by atoms with Gasteiger partial charge >= 0.3 is 0 Å². The van der Waals surface area contributed by atoms with Crippen LogP contribution in [0.2, 0.25) is 6.32 Å². The van der Waals surface area contributed by atoms with Gasteiger partial charge in [0.2, 0.25) is 0 Å². The SMILES string of the molecule is [B]C/C=C\CCC. The number of hydrogen-bond donors (Lipinski definition) is 0. The first kappa shape index (κ1) is 6.80. The van der Waals surface area contributed by atoms with Crippen molar-refractivity contribution in [1.29, 1.82) is 0 Å². The summed E-state index contributed by atoms with van der Waals surface area (Å²) >= 11 is 0. The number of unbranched alkanes of at least 4 members (excludes halogenated alkanes) is 1. The Balaban J connectivity index is 2.78. The van der Waals surface area contributed by atoms with Crippen molar-refractivity contribution in [2.75, 3.05) is 0 Å². The summed E-state index contributed by atoms with van der Waals surface area (Å²) < 4.78 is 0. The summed E-state index contributed by atoms with van der Waals surface area (Å²) in [6.45, 7) is 2.15. The van der Waals surface area contributed by atoms with Gasteiger partial charge in [0.05, 0.1) is 7.85 Å². The quantitative estimate of drug-likeness (QED) is 0.370. The van der Waals surface area contributed by atoms with Crippen molar-refractivity contribution in [2.45, 2.75) is 26.1 Å². The van der Waals surface area contributed by atoms with E-state index in [1.54, 1.807) is 0 Å². The lowest BCUT2D eigenvalue weighted by Gasteiger charge is -1.79. The van der Waals surface area contributed by atoms with Gasteiger partial charge in [0.25, 0.3) is 0 Å². The summed E-state index contributed by atoms with van der Waals surface area (Å²) in [6, 6.07) is 0. The standard InChI is InChI=1S/C6H11B/c1-2-3-4-5-6-7/h4-5H,2-3,6H2,1H3/b5-4-. The Hall–Kier alpha value is -0.195. The van der Waals surface area contributed by atoms with E-state index in [-0.39, 0.29) is 0 Å². The molecule has 7 heavy (non-hydrogen) atoms. The van der Waals surface area contributed by atoms with E-state index in [1.807, 2.05) is 6.08 Å². The van der Waals surface area contributed by atoms with E-state index in [1.165, 1.54) is 6.42 Å². The molecule has 0 fully saturated rings. The molecule has 0 aliphatic heterocycles. The molecule has 38 valence electrons. The highest BCUT2D eigenvalue weighted by Crippen LogP contribution is 1.88. The Bertz CT molecular complexity index is 48.1. The fourth-order valence-electron chi connectivity index (χ4n) is 0.381. The van der Waals surface area contributed by atoms with Gasteiger partial charge < -0.3 is 0 Å². The number of rotatable bonds is 3. The minimum atomic E-state index is 0.681. The van der Waals surface area contributed by atoms with Crippen LogP contribution in [0.15, 0.2) is 12.2 Å². The third kappa shape index (κ3) is 5.80. The van der Waals surface area contributed by atoms with E-state index in [4.69, 9.17) is 7.85 Å². The van der Waals surface area contributed by atoms with Crippen molar-refractivity contribution >= 4 is 7.85 Å². The summed E-state index contributed by atoms with van der Waals surface area (Å²) in [5.74, 6) is 0. The lowest BCUT2D eigenvalue weighted by molar-refractivity contribution is 0.957.